The van der Waals surface area contributed by atoms with Crippen LogP contribution in [0.2, 0.25) is 5.02 Å². The molecule has 128 valence electrons. The highest BCUT2D eigenvalue weighted by atomic mass is 35.5. The second kappa shape index (κ2) is 7.97. The van der Waals surface area contributed by atoms with Gasteiger partial charge in [-0.2, -0.15) is 8.78 Å². The smallest absolute Gasteiger partial charge is 0.387 e. The molecule has 0 spiro atoms. The fourth-order valence-corrected chi connectivity index (χ4v) is 2.24. The summed E-state index contributed by atoms with van der Waals surface area (Å²) in [5.41, 5.74) is 1.16. The lowest BCUT2D eigenvalue weighted by Gasteiger charge is -2.16. The predicted octanol–water partition coefficient (Wildman–Crippen LogP) is 4.44. The van der Waals surface area contributed by atoms with Gasteiger partial charge in [-0.1, -0.05) is 23.7 Å². The Labute approximate surface area is 143 Å². The van der Waals surface area contributed by atoms with Crippen LogP contribution in [0.15, 0.2) is 42.5 Å². The van der Waals surface area contributed by atoms with Crippen molar-refractivity contribution in [1.29, 1.82) is 0 Å². The van der Waals surface area contributed by atoms with Gasteiger partial charge in [-0.25, -0.2) is 0 Å². The van der Waals surface area contributed by atoms with Crippen LogP contribution in [0.5, 0.6) is 11.5 Å². The number of alkyl halides is 2. The maximum atomic E-state index is 12.3. The number of carbonyl (C=O) groups excluding carboxylic acids is 1. The number of halogens is 3. The molecule has 0 saturated heterocycles. The van der Waals surface area contributed by atoms with Crippen LogP contribution in [0, 0.1) is 0 Å². The molecule has 0 heterocycles. The summed E-state index contributed by atoms with van der Waals surface area (Å²) in [6.07, 6.45) is 0. The van der Waals surface area contributed by atoms with E-state index in [1.807, 2.05) is 19.1 Å². The van der Waals surface area contributed by atoms with Gasteiger partial charge in [0.25, 0.3) is 5.91 Å². The van der Waals surface area contributed by atoms with Crippen molar-refractivity contribution in [3.05, 3.63) is 58.6 Å². The fourth-order valence-electron chi connectivity index (χ4n) is 2.12. The lowest BCUT2D eigenvalue weighted by atomic mass is 10.1. The largest absolute Gasteiger partial charge is 0.493 e. The molecule has 2 aromatic rings. The van der Waals surface area contributed by atoms with E-state index in [4.69, 9.17) is 16.3 Å². The molecule has 0 aliphatic rings. The molecule has 1 atom stereocenters. The van der Waals surface area contributed by atoms with Crippen LogP contribution < -0.4 is 14.8 Å². The molecule has 2 aromatic carbocycles. The number of methoxy groups -OCH3 is 1. The van der Waals surface area contributed by atoms with Crippen molar-refractivity contribution < 1.29 is 23.0 Å². The summed E-state index contributed by atoms with van der Waals surface area (Å²) >= 11 is 5.84. The molecule has 0 aromatic heterocycles. The number of hydrogen-bond acceptors (Lipinski definition) is 3. The molecular formula is C17H16ClF2NO3. The van der Waals surface area contributed by atoms with Crippen molar-refractivity contribution in [2.45, 2.75) is 19.6 Å². The van der Waals surface area contributed by atoms with Gasteiger partial charge in [0.15, 0.2) is 11.5 Å². The van der Waals surface area contributed by atoms with Gasteiger partial charge in [0, 0.05) is 10.6 Å². The minimum atomic E-state index is -2.97. The van der Waals surface area contributed by atoms with Crippen molar-refractivity contribution in [2.75, 3.05) is 7.11 Å². The van der Waals surface area contributed by atoms with Crippen molar-refractivity contribution in [2.24, 2.45) is 0 Å². The summed E-state index contributed by atoms with van der Waals surface area (Å²) in [5.74, 6) is -0.434. The van der Waals surface area contributed by atoms with Crippen molar-refractivity contribution in [1.82, 2.24) is 5.32 Å². The Bertz CT molecular complexity index is 707. The minimum Gasteiger partial charge on any atom is -0.493 e. The standard InChI is InChI=1S/C17H16ClF2NO3/c1-10(11-3-6-13(18)7-4-11)21-16(22)12-5-8-14(24-17(19)20)15(9-12)23-2/h3-10,17H,1-2H3,(H,21,22). The summed E-state index contributed by atoms with van der Waals surface area (Å²) in [4.78, 5) is 12.3. The van der Waals surface area contributed by atoms with Crippen molar-refractivity contribution in [3.8, 4) is 11.5 Å². The molecule has 24 heavy (non-hydrogen) atoms. The molecule has 0 saturated carbocycles. The van der Waals surface area contributed by atoms with E-state index in [0.29, 0.717) is 5.02 Å². The van der Waals surface area contributed by atoms with E-state index < -0.39 is 6.61 Å². The normalized spacial score (nSPS) is 11.9. The molecule has 1 unspecified atom stereocenters. The summed E-state index contributed by atoms with van der Waals surface area (Å²) in [6.45, 7) is -1.14. The highest BCUT2D eigenvalue weighted by Crippen LogP contribution is 2.29. The molecule has 0 bridgehead atoms. The predicted molar refractivity (Wildman–Crippen MR) is 87.0 cm³/mol. The molecular weight excluding hydrogens is 340 g/mol. The Morgan fingerprint density at radius 1 is 1.12 bits per heavy atom. The minimum absolute atomic E-state index is 0.0575. The van der Waals surface area contributed by atoms with Crippen LogP contribution in [0.1, 0.15) is 28.9 Å². The SMILES string of the molecule is COc1cc(C(=O)NC(C)c2ccc(Cl)cc2)ccc1OC(F)F. The second-order valence-electron chi connectivity index (χ2n) is 4.99. The summed E-state index contributed by atoms with van der Waals surface area (Å²) in [5, 5.41) is 3.42. The first-order valence-electron chi connectivity index (χ1n) is 7.10. The van der Waals surface area contributed by atoms with Crippen LogP contribution in [0.25, 0.3) is 0 Å². The highest BCUT2D eigenvalue weighted by molar-refractivity contribution is 6.30. The molecule has 7 heteroatoms. The zero-order valence-corrected chi connectivity index (χ0v) is 13.8. The van der Waals surface area contributed by atoms with Crippen LogP contribution >= 0.6 is 11.6 Å². The molecule has 4 nitrogen and oxygen atoms in total. The Morgan fingerprint density at radius 2 is 1.79 bits per heavy atom. The van der Waals surface area contributed by atoms with Gasteiger partial charge in [0.1, 0.15) is 0 Å². The van der Waals surface area contributed by atoms with Gasteiger partial charge in [-0.15, -0.1) is 0 Å². The number of ether oxygens (including phenoxy) is 2. The maximum Gasteiger partial charge on any atom is 0.387 e. The van der Waals surface area contributed by atoms with Crippen LogP contribution in [-0.2, 0) is 0 Å². The Balaban J connectivity index is 2.12. The molecule has 0 aliphatic carbocycles. The number of benzene rings is 2. The zero-order valence-electron chi connectivity index (χ0n) is 13.1. The van der Waals surface area contributed by atoms with Gasteiger partial charge in [-0.3, -0.25) is 4.79 Å². The number of nitrogens with one attached hydrogen (secondary N) is 1. The monoisotopic (exact) mass is 355 g/mol. The lowest BCUT2D eigenvalue weighted by molar-refractivity contribution is -0.0512. The summed E-state index contributed by atoms with van der Waals surface area (Å²) < 4.78 is 34.0. The Hall–Kier alpha value is -2.34. The molecule has 0 radical (unpaired) electrons. The Morgan fingerprint density at radius 3 is 2.38 bits per heavy atom. The molecule has 2 rings (SSSR count). The lowest BCUT2D eigenvalue weighted by Crippen LogP contribution is -2.26. The van der Waals surface area contributed by atoms with E-state index in [0.717, 1.165) is 5.56 Å². The first-order valence-corrected chi connectivity index (χ1v) is 7.47. The number of hydrogen-bond donors (Lipinski definition) is 1. The first kappa shape index (κ1) is 18.0. The maximum absolute atomic E-state index is 12.3. The van der Waals surface area contributed by atoms with Gasteiger partial charge >= 0.3 is 6.61 Å². The third-order valence-electron chi connectivity index (χ3n) is 3.36. The molecule has 0 fully saturated rings. The summed E-state index contributed by atoms with van der Waals surface area (Å²) in [7, 11) is 1.31. The molecule has 1 amide bonds. The van der Waals surface area contributed by atoms with Crippen LogP contribution in [0.4, 0.5) is 8.78 Å². The van der Waals surface area contributed by atoms with Gasteiger partial charge in [-0.05, 0) is 42.8 Å². The number of carbonyl (C=O) groups is 1. The third kappa shape index (κ3) is 4.58. The molecule has 1 N–H and O–H groups in total. The average molecular weight is 356 g/mol. The highest BCUT2D eigenvalue weighted by Gasteiger charge is 2.16. The molecule has 0 aliphatic heterocycles. The first-order chi connectivity index (χ1) is 11.4. The van der Waals surface area contributed by atoms with Gasteiger partial charge in [0.05, 0.1) is 13.2 Å². The fraction of sp³-hybridized carbons (Fsp3) is 0.235. The van der Waals surface area contributed by atoms with Gasteiger partial charge in [0.2, 0.25) is 0 Å². The van der Waals surface area contributed by atoms with E-state index in [1.54, 1.807) is 12.1 Å². The van der Waals surface area contributed by atoms with E-state index in [9.17, 15) is 13.6 Å². The topological polar surface area (TPSA) is 47.6 Å². The summed E-state index contributed by atoms with van der Waals surface area (Å²) in [6, 6.07) is 10.9. The quantitative estimate of drug-likeness (QED) is 0.833. The van der Waals surface area contributed by atoms with Crippen LogP contribution in [-0.4, -0.2) is 19.6 Å². The third-order valence-corrected chi connectivity index (χ3v) is 3.61. The second-order valence-corrected chi connectivity index (χ2v) is 5.43. The van der Waals surface area contributed by atoms with E-state index in [2.05, 4.69) is 10.1 Å². The average Bonchev–Trinajstić information content (AvgIpc) is 2.55. The van der Waals surface area contributed by atoms with Crippen molar-refractivity contribution >= 4 is 17.5 Å². The Kier molecular flexibility index (Phi) is 5.98. The van der Waals surface area contributed by atoms with E-state index in [-0.39, 0.29) is 29.0 Å². The number of rotatable bonds is 6. The zero-order chi connectivity index (χ0) is 17.7. The number of amides is 1. The van der Waals surface area contributed by atoms with E-state index in [1.165, 1.54) is 25.3 Å². The van der Waals surface area contributed by atoms with Crippen molar-refractivity contribution in [3.63, 3.8) is 0 Å². The van der Waals surface area contributed by atoms with E-state index >= 15 is 0 Å². The van der Waals surface area contributed by atoms with Crippen LogP contribution in [0.3, 0.4) is 0 Å². The van der Waals surface area contributed by atoms with Gasteiger partial charge < -0.3 is 14.8 Å².